The van der Waals surface area contributed by atoms with Gasteiger partial charge in [0.2, 0.25) is 5.91 Å². The molecule has 0 saturated heterocycles. The van der Waals surface area contributed by atoms with Crippen molar-refractivity contribution in [1.29, 1.82) is 0 Å². The van der Waals surface area contributed by atoms with Crippen LogP contribution in [0.4, 0.5) is 0 Å². The third kappa shape index (κ3) is 3.96. The largest absolute Gasteiger partial charge is 0.481 e. The number of halogens is 1. The Morgan fingerprint density at radius 2 is 1.91 bits per heavy atom. The minimum Gasteiger partial charge on any atom is -0.481 e. The normalized spacial score (nSPS) is 13.4. The van der Waals surface area contributed by atoms with E-state index >= 15 is 0 Å². The molecule has 1 aromatic heterocycles. The van der Waals surface area contributed by atoms with Crippen LogP contribution in [0.25, 0.3) is 0 Å². The van der Waals surface area contributed by atoms with Crippen LogP contribution in [-0.4, -0.2) is 23.5 Å². The van der Waals surface area contributed by atoms with Crippen molar-refractivity contribution >= 4 is 39.1 Å². The SMILES string of the molecule is CC(CNC(=O)Cc1ccc(Br)s1)(C(=O)O)c1ccccc1. The van der Waals surface area contributed by atoms with Gasteiger partial charge in [0.05, 0.1) is 10.2 Å². The maximum Gasteiger partial charge on any atom is 0.315 e. The number of hydrogen-bond acceptors (Lipinski definition) is 3. The highest BCUT2D eigenvalue weighted by Crippen LogP contribution is 2.24. The smallest absolute Gasteiger partial charge is 0.315 e. The van der Waals surface area contributed by atoms with Crippen LogP contribution in [0.1, 0.15) is 17.4 Å². The summed E-state index contributed by atoms with van der Waals surface area (Å²) in [7, 11) is 0. The van der Waals surface area contributed by atoms with E-state index in [-0.39, 0.29) is 18.9 Å². The number of rotatable bonds is 6. The van der Waals surface area contributed by atoms with Gasteiger partial charge in [-0.2, -0.15) is 0 Å². The number of aliphatic carboxylic acids is 1. The van der Waals surface area contributed by atoms with Crippen molar-refractivity contribution in [3.8, 4) is 0 Å². The highest BCUT2D eigenvalue weighted by molar-refractivity contribution is 9.11. The maximum absolute atomic E-state index is 12.0. The van der Waals surface area contributed by atoms with Crippen molar-refractivity contribution in [2.45, 2.75) is 18.8 Å². The van der Waals surface area contributed by atoms with Gasteiger partial charge in [0.25, 0.3) is 0 Å². The maximum atomic E-state index is 12.0. The van der Waals surface area contributed by atoms with Crippen LogP contribution >= 0.6 is 27.3 Å². The van der Waals surface area contributed by atoms with E-state index in [1.165, 1.54) is 11.3 Å². The highest BCUT2D eigenvalue weighted by Gasteiger charge is 2.35. The van der Waals surface area contributed by atoms with Crippen molar-refractivity contribution in [3.05, 3.63) is 56.7 Å². The summed E-state index contributed by atoms with van der Waals surface area (Å²) in [6.45, 7) is 1.67. The minimum atomic E-state index is -1.15. The molecular formula is C16H16BrNO3S. The summed E-state index contributed by atoms with van der Waals surface area (Å²) in [5, 5.41) is 12.3. The number of nitrogens with one attached hydrogen (secondary N) is 1. The second kappa shape index (κ2) is 7.07. The average Bonchev–Trinajstić information content (AvgIpc) is 2.90. The molecule has 2 aromatic rings. The Morgan fingerprint density at radius 1 is 1.23 bits per heavy atom. The number of carbonyl (C=O) groups excluding carboxylic acids is 1. The zero-order valence-corrected chi connectivity index (χ0v) is 14.4. The zero-order valence-electron chi connectivity index (χ0n) is 12.0. The molecule has 1 heterocycles. The molecule has 6 heteroatoms. The molecule has 0 radical (unpaired) electrons. The molecule has 0 spiro atoms. The van der Waals surface area contributed by atoms with Gasteiger partial charge in [-0.3, -0.25) is 9.59 Å². The molecule has 1 atom stereocenters. The second-order valence-corrected chi connectivity index (χ2v) is 7.71. The molecule has 22 heavy (non-hydrogen) atoms. The standard InChI is InChI=1S/C16H16BrNO3S/c1-16(15(20)21,11-5-3-2-4-6-11)10-18-14(19)9-12-7-8-13(17)22-12/h2-8H,9-10H2,1H3,(H,18,19)(H,20,21). The Bertz CT molecular complexity index is 671. The van der Waals surface area contributed by atoms with E-state index < -0.39 is 11.4 Å². The van der Waals surface area contributed by atoms with Crippen LogP contribution in [0.3, 0.4) is 0 Å². The van der Waals surface area contributed by atoms with Gasteiger partial charge in [0.15, 0.2) is 0 Å². The lowest BCUT2D eigenvalue weighted by Crippen LogP contribution is -2.44. The van der Waals surface area contributed by atoms with E-state index in [0.717, 1.165) is 8.66 Å². The summed E-state index contributed by atoms with van der Waals surface area (Å²) in [5.41, 5.74) is -0.478. The molecule has 4 nitrogen and oxygen atoms in total. The Labute approximate surface area is 141 Å². The number of thiophene rings is 1. The highest BCUT2D eigenvalue weighted by atomic mass is 79.9. The Balaban J connectivity index is 2.03. The van der Waals surface area contributed by atoms with Crippen molar-refractivity contribution in [1.82, 2.24) is 5.32 Å². The van der Waals surface area contributed by atoms with Crippen LogP contribution < -0.4 is 5.32 Å². The molecule has 0 saturated carbocycles. The monoisotopic (exact) mass is 381 g/mol. The van der Waals surface area contributed by atoms with Gasteiger partial charge in [-0.15, -0.1) is 11.3 Å². The third-order valence-electron chi connectivity index (χ3n) is 3.49. The lowest BCUT2D eigenvalue weighted by atomic mass is 9.82. The van der Waals surface area contributed by atoms with E-state index in [2.05, 4.69) is 21.2 Å². The number of amides is 1. The summed E-state index contributed by atoms with van der Waals surface area (Å²) < 4.78 is 0.968. The second-order valence-electron chi connectivity index (χ2n) is 5.16. The molecule has 0 aliphatic rings. The lowest BCUT2D eigenvalue weighted by molar-refractivity contribution is -0.143. The van der Waals surface area contributed by atoms with Gasteiger partial charge in [0.1, 0.15) is 5.41 Å². The molecule has 1 unspecified atom stereocenters. The molecule has 116 valence electrons. The first-order chi connectivity index (χ1) is 10.4. The first kappa shape index (κ1) is 16.7. The van der Waals surface area contributed by atoms with E-state index in [1.54, 1.807) is 31.2 Å². The molecule has 2 N–H and O–H groups in total. The molecule has 1 amide bonds. The number of carboxylic acid groups (broad SMARTS) is 1. The summed E-state index contributed by atoms with van der Waals surface area (Å²) in [5.74, 6) is -1.14. The van der Waals surface area contributed by atoms with E-state index in [9.17, 15) is 14.7 Å². The molecule has 0 bridgehead atoms. The zero-order chi connectivity index (χ0) is 16.2. The Kier molecular flexibility index (Phi) is 5.37. The fourth-order valence-electron chi connectivity index (χ4n) is 2.05. The first-order valence-corrected chi connectivity index (χ1v) is 8.32. The molecular weight excluding hydrogens is 366 g/mol. The molecule has 0 aliphatic heterocycles. The number of carbonyl (C=O) groups is 2. The Morgan fingerprint density at radius 3 is 2.45 bits per heavy atom. The third-order valence-corrected chi connectivity index (χ3v) is 5.11. The summed E-state index contributed by atoms with van der Waals surface area (Å²) in [6, 6.07) is 12.7. The predicted octanol–water partition coefficient (Wildman–Crippen LogP) is 3.21. The van der Waals surface area contributed by atoms with Crippen molar-refractivity contribution < 1.29 is 14.7 Å². The van der Waals surface area contributed by atoms with Crippen LogP contribution in [0.15, 0.2) is 46.3 Å². The van der Waals surface area contributed by atoms with E-state index in [4.69, 9.17) is 0 Å². The van der Waals surface area contributed by atoms with Gasteiger partial charge >= 0.3 is 5.97 Å². The molecule has 0 fully saturated rings. The van der Waals surface area contributed by atoms with Crippen LogP contribution in [-0.2, 0) is 21.4 Å². The summed E-state index contributed by atoms with van der Waals surface area (Å²) >= 11 is 4.84. The Hall–Kier alpha value is -1.66. The quantitative estimate of drug-likeness (QED) is 0.806. The van der Waals surface area contributed by atoms with Crippen LogP contribution in [0.2, 0.25) is 0 Å². The predicted molar refractivity (Wildman–Crippen MR) is 90.2 cm³/mol. The molecule has 2 rings (SSSR count). The summed E-state index contributed by atoms with van der Waals surface area (Å²) in [4.78, 5) is 24.6. The van der Waals surface area contributed by atoms with Gasteiger partial charge in [0, 0.05) is 11.4 Å². The summed E-state index contributed by atoms with van der Waals surface area (Å²) in [6.07, 6.45) is 0.251. The minimum absolute atomic E-state index is 0.0533. The fourth-order valence-corrected chi connectivity index (χ4v) is 3.53. The van der Waals surface area contributed by atoms with Gasteiger partial charge in [-0.05, 0) is 40.5 Å². The average molecular weight is 382 g/mol. The van der Waals surface area contributed by atoms with Crippen molar-refractivity contribution in [2.75, 3.05) is 6.54 Å². The molecule has 0 aliphatic carbocycles. The number of carboxylic acids is 1. The van der Waals surface area contributed by atoms with E-state index in [0.29, 0.717) is 5.56 Å². The number of hydrogen-bond donors (Lipinski definition) is 2. The van der Waals surface area contributed by atoms with E-state index in [1.807, 2.05) is 18.2 Å². The van der Waals surface area contributed by atoms with Crippen LogP contribution in [0, 0.1) is 0 Å². The van der Waals surface area contributed by atoms with Gasteiger partial charge in [-0.1, -0.05) is 30.3 Å². The lowest BCUT2D eigenvalue weighted by Gasteiger charge is -2.25. The number of benzene rings is 1. The van der Waals surface area contributed by atoms with Crippen molar-refractivity contribution in [2.24, 2.45) is 0 Å². The van der Waals surface area contributed by atoms with Gasteiger partial charge in [-0.25, -0.2) is 0 Å². The van der Waals surface area contributed by atoms with Crippen molar-refractivity contribution in [3.63, 3.8) is 0 Å². The topological polar surface area (TPSA) is 66.4 Å². The fraction of sp³-hybridized carbons (Fsp3) is 0.250. The van der Waals surface area contributed by atoms with Gasteiger partial charge < -0.3 is 10.4 Å². The first-order valence-electron chi connectivity index (χ1n) is 6.71. The van der Waals surface area contributed by atoms with Crippen LogP contribution in [0.5, 0.6) is 0 Å². The molecule has 1 aromatic carbocycles.